The molecule has 3 unspecified atom stereocenters. The maximum atomic E-state index is 12.9. The molecule has 0 saturated carbocycles. The first-order valence-electron chi connectivity index (χ1n) is 7.49. The van der Waals surface area contributed by atoms with E-state index in [4.69, 9.17) is 5.73 Å². The normalized spacial score (nSPS) is 33.2. The Morgan fingerprint density at radius 3 is 2.21 bits per heavy atom. The van der Waals surface area contributed by atoms with Gasteiger partial charge < -0.3 is 5.73 Å². The number of nitrogens with two attached hydrogens (primary N) is 1. The van der Waals surface area contributed by atoms with Crippen molar-refractivity contribution in [1.29, 1.82) is 0 Å². The molecule has 2 saturated heterocycles. The lowest BCUT2D eigenvalue weighted by Gasteiger charge is -2.42. The predicted octanol–water partition coefficient (Wildman–Crippen LogP) is 1.31. The Morgan fingerprint density at radius 2 is 1.63 bits per heavy atom. The van der Waals surface area contributed by atoms with Gasteiger partial charge in [-0.25, -0.2) is 0 Å². The van der Waals surface area contributed by atoms with E-state index in [1.807, 2.05) is 13.8 Å². The first-order chi connectivity index (χ1) is 8.94. The highest BCUT2D eigenvalue weighted by atomic mass is 32.2. The van der Waals surface area contributed by atoms with Crippen molar-refractivity contribution in [2.75, 3.05) is 13.1 Å². The van der Waals surface area contributed by atoms with E-state index < -0.39 is 10.2 Å². The van der Waals surface area contributed by atoms with Crippen LogP contribution in [0, 0.1) is 0 Å². The molecule has 3 atom stereocenters. The molecule has 0 aromatic heterocycles. The summed E-state index contributed by atoms with van der Waals surface area (Å²) in [5, 5.41) is 0. The molecule has 2 aliphatic rings. The van der Waals surface area contributed by atoms with Crippen LogP contribution >= 0.6 is 0 Å². The Kier molecular flexibility index (Phi) is 4.87. The zero-order valence-corrected chi connectivity index (χ0v) is 12.9. The third-order valence-electron chi connectivity index (χ3n) is 4.44. The van der Waals surface area contributed by atoms with Crippen molar-refractivity contribution in [3.63, 3.8) is 0 Å². The second-order valence-electron chi connectivity index (χ2n) is 6.00. The Labute approximate surface area is 117 Å². The molecule has 5 nitrogen and oxygen atoms in total. The third kappa shape index (κ3) is 3.12. The quantitative estimate of drug-likeness (QED) is 0.852. The number of hydrogen-bond acceptors (Lipinski definition) is 3. The Morgan fingerprint density at radius 1 is 1.05 bits per heavy atom. The summed E-state index contributed by atoms with van der Waals surface area (Å²) in [6.07, 6.45) is 5.98. The van der Waals surface area contributed by atoms with Gasteiger partial charge in [0, 0.05) is 31.2 Å². The number of hydrogen-bond donors (Lipinski definition) is 1. The second-order valence-corrected chi connectivity index (χ2v) is 7.83. The van der Waals surface area contributed by atoms with E-state index in [-0.39, 0.29) is 18.1 Å². The minimum atomic E-state index is -3.34. The van der Waals surface area contributed by atoms with E-state index in [1.165, 1.54) is 0 Å². The fourth-order valence-electron chi connectivity index (χ4n) is 3.29. The summed E-state index contributed by atoms with van der Waals surface area (Å²) in [6, 6.07) is -0.0162. The largest absolute Gasteiger partial charge is 0.326 e. The average molecular weight is 289 g/mol. The molecule has 2 heterocycles. The van der Waals surface area contributed by atoms with Gasteiger partial charge in [-0.3, -0.25) is 0 Å². The van der Waals surface area contributed by atoms with Crippen molar-refractivity contribution in [3.05, 3.63) is 0 Å². The van der Waals surface area contributed by atoms with Gasteiger partial charge in [0.25, 0.3) is 10.2 Å². The summed E-state index contributed by atoms with van der Waals surface area (Å²) in [5.74, 6) is 0. The maximum absolute atomic E-state index is 12.9. The molecule has 19 heavy (non-hydrogen) atoms. The van der Waals surface area contributed by atoms with Crippen molar-refractivity contribution < 1.29 is 8.42 Å². The van der Waals surface area contributed by atoms with Crippen molar-refractivity contribution in [2.24, 2.45) is 5.73 Å². The van der Waals surface area contributed by atoms with Gasteiger partial charge in [-0.15, -0.1) is 0 Å². The topological polar surface area (TPSA) is 66.6 Å². The van der Waals surface area contributed by atoms with Gasteiger partial charge in [0.2, 0.25) is 0 Å². The van der Waals surface area contributed by atoms with Gasteiger partial charge in [-0.05, 0) is 39.5 Å². The van der Waals surface area contributed by atoms with E-state index in [0.29, 0.717) is 13.1 Å². The van der Waals surface area contributed by atoms with Crippen LogP contribution in [0.25, 0.3) is 0 Å². The van der Waals surface area contributed by atoms with Gasteiger partial charge in [0.1, 0.15) is 0 Å². The van der Waals surface area contributed by atoms with Crippen LogP contribution in [0.2, 0.25) is 0 Å². The Hall–Kier alpha value is -0.170. The molecule has 0 radical (unpaired) electrons. The molecule has 2 aliphatic heterocycles. The average Bonchev–Trinajstić information content (AvgIpc) is 2.39. The Balaban J connectivity index is 2.21. The lowest BCUT2D eigenvalue weighted by atomic mass is 10.00. The SMILES string of the molecule is CC(N)C1CCCCN1S(=O)(=O)N1CCCCC1C. The highest BCUT2D eigenvalue weighted by molar-refractivity contribution is 7.86. The fraction of sp³-hybridized carbons (Fsp3) is 1.00. The fourth-order valence-corrected chi connectivity index (χ4v) is 5.48. The van der Waals surface area contributed by atoms with Crippen LogP contribution in [-0.2, 0) is 10.2 Å². The summed E-state index contributed by atoms with van der Waals surface area (Å²) < 4.78 is 29.1. The maximum Gasteiger partial charge on any atom is 0.282 e. The van der Waals surface area contributed by atoms with Crippen LogP contribution in [0.1, 0.15) is 52.4 Å². The van der Waals surface area contributed by atoms with Crippen LogP contribution in [0.3, 0.4) is 0 Å². The summed E-state index contributed by atoms with van der Waals surface area (Å²) in [7, 11) is -3.34. The van der Waals surface area contributed by atoms with Crippen molar-refractivity contribution in [1.82, 2.24) is 8.61 Å². The summed E-state index contributed by atoms with van der Waals surface area (Å²) in [5.41, 5.74) is 5.99. The number of nitrogens with zero attached hydrogens (tertiary/aromatic N) is 2. The van der Waals surface area contributed by atoms with Crippen LogP contribution < -0.4 is 5.73 Å². The van der Waals surface area contributed by atoms with Gasteiger partial charge in [0.15, 0.2) is 0 Å². The molecule has 6 heteroatoms. The summed E-state index contributed by atoms with van der Waals surface area (Å²) in [6.45, 7) is 5.21. The van der Waals surface area contributed by atoms with Gasteiger partial charge in [-0.2, -0.15) is 17.0 Å². The molecule has 2 fully saturated rings. The molecule has 0 amide bonds. The predicted molar refractivity (Wildman–Crippen MR) is 76.9 cm³/mol. The van der Waals surface area contributed by atoms with Gasteiger partial charge in [-0.1, -0.05) is 12.8 Å². The zero-order chi connectivity index (χ0) is 14.0. The van der Waals surface area contributed by atoms with Crippen molar-refractivity contribution in [3.8, 4) is 0 Å². The standard InChI is InChI=1S/C13H27N3O2S/c1-11-7-3-5-9-15(11)19(17,18)16-10-6-4-8-13(16)12(2)14/h11-13H,3-10,14H2,1-2H3. The smallest absolute Gasteiger partial charge is 0.282 e. The molecule has 0 aromatic carbocycles. The molecule has 2 N–H and O–H groups in total. The highest BCUT2D eigenvalue weighted by Crippen LogP contribution is 2.28. The van der Waals surface area contributed by atoms with Crippen LogP contribution in [0.5, 0.6) is 0 Å². The molecule has 0 aliphatic carbocycles. The number of rotatable bonds is 3. The molecular formula is C13H27N3O2S. The van der Waals surface area contributed by atoms with Crippen LogP contribution in [-0.4, -0.2) is 48.2 Å². The minimum Gasteiger partial charge on any atom is -0.326 e. The minimum absolute atomic E-state index is 0.0344. The lowest BCUT2D eigenvalue weighted by Crippen LogP contribution is -2.57. The molecule has 2 rings (SSSR count). The van der Waals surface area contributed by atoms with E-state index in [0.717, 1.165) is 38.5 Å². The first-order valence-corrected chi connectivity index (χ1v) is 8.88. The third-order valence-corrected chi connectivity index (χ3v) is 6.62. The first kappa shape index (κ1) is 15.2. The second kappa shape index (κ2) is 6.08. The van der Waals surface area contributed by atoms with Crippen molar-refractivity contribution in [2.45, 2.75) is 70.5 Å². The van der Waals surface area contributed by atoms with Crippen molar-refractivity contribution >= 4 is 10.2 Å². The highest BCUT2D eigenvalue weighted by Gasteiger charge is 2.40. The van der Waals surface area contributed by atoms with Gasteiger partial charge >= 0.3 is 0 Å². The Bertz CT molecular complexity index is 397. The van der Waals surface area contributed by atoms with E-state index in [2.05, 4.69) is 0 Å². The van der Waals surface area contributed by atoms with E-state index in [9.17, 15) is 8.42 Å². The monoisotopic (exact) mass is 289 g/mol. The zero-order valence-electron chi connectivity index (χ0n) is 12.1. The van der Waals surface area contributed by atoms with Crippen LogP contribution in [0.15, 0.2) is 0 Å². The number of piperidine rings is 2. The molecule has 0 spiro atoms. The van der Waals surface area contributed by atoms with E-state index >= 15 is 0 Å². The molecule has 0 aromatic rings. The molecular weight excluding hydrogens is 262 g/mol. The van der Waals surface area contributed by atoms with E-state index in [1.54, 1.807) is 8.61 Å². The van der Waals surface area contributed by atoms with Gasteiger partial charge in [0.05, 0.1) is 0 Å². The molecule has 112 valence electrons. The molecule has 0 bridgehead atoms. The summed E-state index contributed by atoms with van der Waals surface area (Å²) in [4.78, 5) is 0. The lowest BCUT2D eigenvalue weighted by molar-refractivity contribution is 0.189. The summed E-state index contributed by atoms with van der Waals surface area (Å²) >= 11 is 0. The van der Waals surface area contributed by atoms with Crippen LogP contribution in [0.4, 0.5) is 0 Å².